The van der Waals surface area contributed by atoms with Gasteiger partial charge in [-0.15, -0.1) is 0 Å². The highest BCUT2D eigenvalue weighted by Gasteiger charge is 2.29. The second-order valence-electron chi connectivity index (χ2n) is 8.01. The van der Waals surface area contributed by atoms with E-state index in [9.17, 15) is 16.8 Å². The van der Waals surface area contributed by atoms with Crippen LogP contribution >= 0.6 is 11.3 Å². The normalized spacial score (nSPS) is 17.5. The Balaban J connectivity index is 1.86. The Morgan fingerprint density at radius 2 is 1.72 bits per heavy atom. The third kappa shape index (κ3) is 4.73. The highest BCUT2D eigenvalue weighted by Crippen LogP contribution is 2.36. The monoisotopic (exact) mass is 458 g/mol. The molecule has 1 aliphatic rings. The van der Waals surface area contributed by atoms with Crippen molar-refractivity contribution in [2.45, 2.75) is 35.2 Å². The van der Waals surface area contributed by atoms with Crippen molar-refractivity contribution in [3.8, 4) is 0 Å². The zero-order chi connectivity index (χ0) is 21.4. The molecule has 0 saturated carbocycles. The van der Waals surface area contributed by atoms with Crippen LogP contribution in [0.3, 0.4) is 0 Å². The van der Waals surface area contributed by atoms with E-state index in [4.69, 9.17) is 0 Å². The Kier molecular flexibility index (Phi) is 5.96. The highest BCUT2D eigenvalue weighted by atomic mass is 32.3. The van der Waals surface area contributed by atoms with Crippen molar-refractivity contribution in [2.75, 3.05) is 36.8 Å². The fraction of sp³-hybridized carbons (Fsp3) is 0.500. The molecule has 1 aromatic heterocycles. The van der Waals surface area contributed by atoms with Gasteiger partial charge in [-0.05, 0) is 30.4 Å². The van der Waals surface area contributed by atoms with Crippen molar-refractivity contribution < 1.29 is 16.8 Å². The van der Waals surface area contributed by atoms with Crippen molar-refractivity contribution in [1.82, 2.24) is 9.29 Å². The molecule has 1 fully saturated rings. The molecule has 1 aromatic carbocycles. The predicted octanol–water partition coefficient (Wildman–Crippen LogP) is 2.82. The lowest BCUT2D eigenvalue weighted by Gasteiger charge is -2.38. The number of hydrogen-bond donors (Lipinski definition) is 1. The average molecular weight is 459 g/mol. The quantitative estimate of drug-likeness (QED) is 0.715. The number of hydrogen-bond acceptors (Lipinski definition) is 7. The van der Waals surface area contributed by atoms with Crippen molar-refractivity contribution in [3.63, 3.8) is 0 Å². The summed E-state index contributed by atoms with van der Waals surface area (Å²) in [5.74, 6) is 0. The van der Waals surface area contributed by atoms with Gasteiger partial charge in [0.15, 0.2) is 4.21 Å². The van der Waals surface area contributed by atoms with Gasteiger partial charge in [0, 0.05) is 27.2 Å². The van der Waals surface area contributed by atoms with Gasteiger partial charge in [0.1, 0.15) is 0 Å². The molecule has 160 valence electrons. The van der Waals surface area contributed by atoms with E-state index in [0.717, 1.165) is 42.1 Å². The average Bonchev–Trinajstić information content (AvgIpc) is 3.14. The molecule has 1 N–H and O–H groups in total. The van der Waals surface area contributed by atoms with Gasteiger partial charge in [-0.1, -0.05) is 37.3 Å². The van der Waals surface area contributed by atoms with Crippen LogP contribution in [-0.2, 0) is 20.0 Å². The first-order valence-corrected chi connectivity index (χ1v) is 12.9. The molecule has 1 saturated heterocycles. The first-order chi connectivity index (χ1) is 13.4. The molecule has 0 atom stereocenters. The van der Waals surface area contributed by atoms with Gasteiger partial charge in [-0.3, -0.25) is 4.72 Å². The smallest absolute Gasteiger partial charge is 0.289 e. The fourth-order valence-corrected chi connectivity index (χ4v) is 6.81. The summed E-state index contributed by atoms with van der Waals surface area (Å²) in [7, 11) is -4.98. The van der Waals surface area contributed by atoms with E-state index < -0.39 is 20.0 Å². The number of sulfonamides is 2. The van der Waals surface area contributed by atoms with Gasteiger partial charge in [0.2, 0.25) is 4.34 Å². The number of rotatable bonds is 6. The van der Waals surface area contributed by atoms with Gasteiger partial charge in [0.25, 0.3) is 20.0 Å². The second kappa shape index (κ2) is 7.86. The summed E-state index contributed by atoms with van der Waals surface area (Å²) < 4.78 is 53.4. The van der Waals surface area contributed by atoms with E-state index in [1.165, 1.54) is 14.1 Å². The lowest BCUT2D eigenvalue weighted by atomic mass is 9.82. The Morgan fingerprint density at radius 3 is 2.34 bits per heavy atom. The third-order valence-electron chi connectivity index (χ3n) is 5.03. The predicted molar refractivity (Wildman–Crippen MR) is 115 cm³/mol. The Hall–Kier alpha value is -1.69. The van der Waals surface area contributed by atoms with Crippen LogP contribution in [0.1, 0.15) is 26.7 Å². The van der Waals surface area contributed by atoms with Gasteiger partial charge in [0.05, 0.1) is 17.6 Å². The van der Waals surface area contributed by atoms with Crippen molar-refractivity contribution in [1.29, 1.82) is 0 Å². The minimum Gasteiger partial charge on any atom is -0.370 e. The molecule has 3 rings (SSSR count). The molecular formula is C18H26N4O4S3. The maximum atomic E-state index is 12.9. The summed E-state index contributed by atoms with van der Waals surface area (Å²) >= 11 is 0.631. The fourth-order valence-electron chi connectivity index (χ4n) is 3.04. The Labute approximate surface area is 176 Å². The number of benzene rings is 1. The number of nitrogens with one attached hydrogen (secondary N) is 1. The lowest BCUT2D eigenvalue weighted by molar-refractivity contribution is 0.280. The number of para-hydroxylation sites is 2. The molecule has 0 radical (unpaired) electrons. The minimum atomic E-state index is -4.01. The molecule has 2 aromatic rings. The number of nitrogens with zero attached hydrogens (tertiary/aromatic N) is 3. The molecule has 0 unspecified atom stereocenters. The third-order valence-corrected chi connectivity index (χ3v) is 10.0. The topological polar surface area (TPSA) is 99.7 Å². The molecule has 0 bridgehead atoms. The van der Waals surface area contributed by atoms with Gasteiger partial charge < -0.3 is 4.90 Å². The zero-order valence-corrected chi connectivity index (χ0v) is 19.4. The first kappa shape index (κ1) is 22.0. The van der Waals surface area contributed by atoms with Crippen molar-refractivity contribution >= 4 is 42.8 Å². The van der Waals surface area contributed by atoms with E-state index >= 15 is 0 Å². The van der Waals surface area contributed by atoms with Gasteiger partial charge in [-0.2, -0.15) is 8.42 Å². The first-order valence-electron chi connectivity index (χ1n) is 9.18. The molecule has 0 aliphatic carbocycles. The van der Waals surface area contributed by atoms with Crippen LogP contribution < -0.4 is 9.62 Å². The summed E-state index contributed by atoms with van der Waals surface area (Å²) in [6, 6.07) is 7.23. The zero-order valence-electron chi connectivity index (χ0n) is 16.9. The highest BCUT2D eigenvalue weighted by molar-refractivity contribution is 7.95. The van der Waals surface area contributed by atoms with E-state index in [1.54, 1.807) is 12.1 Å². The van der Waals surface area contributed by atoms with Crippen LogP contribution in [0, 0.1) is 5.41 Å². The SMILES string of the molecule is CN(C)S(=O)(=O)c1cnc(S(=O)(=O)Nc2ccccc2N2CCC(C)(C)CC2)s1. The van der Waals surface area contributed by atoms with Crippen LogP contribution in [0.25, 0.3) is 0 Å². The molecule has 0 spiro atoms. The van der Waals surface area contributed by atoms with Crippen LogP contribution in [0.2, 0.25) is 0 Å². The summed E-state index contributed by atoms with van der Waals surface area (Å²) in [4.78, 5) is 6.02. The van der Waals surface area contributed by atoms with Crippen LogP contribution in [0.15, 0.2) is 39.0 Å². The molecule has 0 amide bonds. The van der Waals surface area contributed by atoms with E-state index in [0.29, 0.717) is 17.0 Å². The maximum Gasteiger partial charge on any atom is 0.289 e. The summed E-state index contributed by atoms with van der Waals surface area (Å²) in [6.45, 7) is 6.16. The number of thiazole rings is 1. The van der Waals surface area contributed by atoms with Crippen LogP contribution in [-0.4, -0.2) is 53.3 Å². The second-order valence-corrected chi connectivity index (χ2v) is 13.3. The minimum absolute atomic E-state index is 0.116. The summed E-state index contributed by atoms with van der Waals surface area (Å²) in [5.41, 5.74) is 1.55. The molecule has 11 heteroatoms. The summed E-state index contributed by atoms with van der Waals surface area (Å²) in [6.07, 6.45) is 3.12. The molecule has 8 nitrogen and oxygen atoms in total. The molecule has 1 aliphatic heterocycles. The standard InChI is InChI=1S/C18H26N4O4S3/c1-18(2)9-11-22(12-10-18)15-8-6-5-7-14(15)20-28(23,24)17-19-13-16(27-17)29(25,26)21(3)4/h5-8,13,20H,9-12H2,1-4H3. The van der Waals surface area contributed by atoms with E-state index in [-0.39, 0.29) is 14.0 Å². The van der Waals surface area contributed by atoms with Crippen molar-refractivity contribution in [2.24, 2.45) is 5.41 Å². The van der Waals surface area contributed by atoms with Gasteiger partial charge >= 0.3 is 0 Å². The van der Waals surface area contributed by atoms with E-state index in [2.05, 4.69) is 28.5 Å². The number of piperidine rings is 1. The largest absolute Gasteiger partial charge is 0.370 e. The van der Waals surface area contributed by atoms with Crippen LogP contribution in [0.4, 0.5) is 11.4 Å². The van der Waals surface area contributed by atoms with Crippen LogP contribution in [0.5, 0.6) is 0 Å². The summed E-state index contributed by atoms with van der Waals surface area (Å²) in [5, 5.41) is 0. The molecule has 29 heavy (non-hydrogen) atoms. The number of aromatic nitrogens is 1. The Bertz CT molecular complexity index is 1080. The molecular weight excluding hydrogens is 432 g/mol. The molecule has 2 heterocycles. The lowest BCUT2D eigenvalue weighted by Crippen LogP contribution is -2.37. The van der Waals surface area contributed by atoms with E-state index in [1.807, 2.05) is 12.1 Å². The maximum absolute atomic E-state index is 12.9. The van der Waals surface area contributed by atoms with Crippen molar-refractivity contribution in [3.05, 3.63) is 30.5 Å². The number of anilines is 2. The van der Waals surface area contributed by atoms with Gasteiger partial charge in [-0.25, -0.2) is 17.7 Å². The Morgan fingerprint density at radius 1 is 1.10 bits per heavy atom.